The molecule has 0 aromatic heterocycles. The Bertz CT molecular complexity index is 537. The largest absolute Gasteiger partial charge is 0.417 e. The van der Waals surface area contributed by atoms with Crippen molar-refractivity contribution in [2.75, 3.05) is 39.4 Å². The number of nitrogens with one attached hydrogen (secondary N) is 1. The van der Waals surface area contributed by atoms with Crippen LogP contribution in [0.4, 0.5) is 13.2 Å². The van der Waals surface area contributed by atoms with Gasteiger partial charge in [0.1, 0.15) is 0 Å². The van der Waals surface area contributed by atoms with Gasteiger partial charge in [-0.1, -0.05) is 23.7 Å². The van der Waals surface area contributed by atoms with Gasteiger partial charge in [-0.05, 0) is 30.4 Å². The second-order valence-electron chi connectivity index (χ2n) is 6.39. The van der Waals surface area contributed by atoms with Crippen molar-refractivity contribution in [1.29, 1.82) is 0 Å². The first-order chi connectivity index (χ1) is 11.5. The van der Waals surface area contributed by atoms with Gasteiger partial charge in [0.05, 0.1) is 10.6 Å². The van der Waals surface area contributed by atoms with Crippen LogP contribution in [-0.4, -0.2) is 44.3 Å². The van der Waals surface area contributed by atoms with Crippen LogP contribution in [-0.2, 0) is 10.9 Å². The second kappa shape index (κ2) is 7.60. The first-order valence-corrected chi connectivity index (χ1v) is 8.74. The van der Waals surface area contributed by atoms with E-state index in [1.807, 2.05) is 0 Å². The summed E-state index contributed by atoms with van der Waals surface area (Å²) < 4.78 is 45.2. The summed E-state index contributed by atoms with van der Waals surface area (Å²) in [5.41, 5.74) is -0.144. The number of nitrogens with zero attached hydrogens (tertiary/aromatic N) is 1. The highest BCUT2D eigenvalue weighted by molar-refractivity contribution is 6.32. The standard InChI is InChI=1S/C17H22ClF3N2O/c18-15-13(2-1-3-14(15)17(19,20)21)16(12-4-10-24-11-5-12)23-8-6-22-7-9-23/h1-3,12,16,22H,4-11H2/t16-/m0/s1. The smallest absolute Gasteiger partial charge is 0.381 e. The Kier molecular flexibility index (Phi) is 5.70. The van der Waals surface area contributed by atoms with Gasteiger partial charge in [0.2, 0.25) is 0 Å². The summed E-state index contributed by atoms with van der Waals surface area (Å²) in [4.78, 5) is 2.27. The van der Waals surface area contributed by atoms with E-state index in [9.17, 15) is 13.2 Å². The number of hydrogen-bond donors (Lipinski definition) is 1. The van der Waals surface area contributed by atoms with E-state index in [-0.39, 0.29) is 17.0 Å². The lowest BCUT2D eigenvalue weighted by molar-refractivity contribution is -0.137. The van der Waals surface area contributed by atoms with Crippen molar-refractivity contribution < 1.29 is 17.9 Å². The van der Waals surface area contributed by atoms with Gasteiger partial charge in [-0.2, -0.15) is 13.2 Å². The summed E-state index contributed by atoms with van der Waals surface area (Å²) in [6.07, 6.45) is -2.74. The van der Waals surface area contributed by atoms with Crippen LogP contribution in [0, 0.1) is 5.92 Å². The molecule has 3 rings (SSSR count). The van der Waals surface area contributed by atoms with Crippen LogP contribution in [0.15, 0.2) is 18.2 Å². The van der Waals surface area contributed by atoms with E-state index in [4.69, 9.17) is 16.3 Å². The van der Waals surface area contributed by atoms with Crippen molar-refractivity contribution >= 4 is 11.6 Å². The van der Waals surface area contributed by atoms with Crippen LogP contribution >= 0.6 is 11.6 Å². The van der Waals surface area contributed by atoms with Gasteiger partial charge < -0.3 is 10.1 Å². The van der Waals surface area contributed by atoms with Gasteiger partial charge >= 0.3 is 6.18 Å². The van der Waals surface area contributed by atoms with Crippen molar-refractivity contribution in [3.63, 3.8) is 0 Å². The molecule has 1 atom stereocenters. The van der Waals surface area contributed by atoms with Crippen LogP contribution in [0.25, 0.3) is 0 Å². The third-order valence-electron chi connectivity index (χ3n) is 4.91. The van der Waals surface area contributed by atoms with Crippen molar-refractivity contribution in [3.05, 3.63) is 34.3 Å². The predicted octanol–water partition coefficient (Wildman–Crippen LogP) is 3.73. The van der Waals surface area contributed by atoms with E-state index in [0.717, 1.165) is 45.1 Å². The highest BCUT2D eigenvalue weighted by Gasteiger charge is 2.38. The molecule has 2 fully saturated rings. The zero-order valence-corrected chi connectivity index (χ0v) is 14.2. The Morgan fingerprint density at radius 2 is 1.83 bits per heavy atom. The SMILES string of the molecule is FC(F)(F)c1cccc([C@H](C2CCOCC2)N2CCNCC2)c1Cl. The van der Waals surface area contributed by atoms with Crippen LogP contribution < -0.4 is 5.32 Å². The summed E-state index contributed by atoms with van der Waals surface area (Å²) in [5.74, 6) is 0.262. The molecule has 0 amide bonds. The predicted molar refractivity (Wildman–Crippen MR) is 87.2 cm³/mol. The number of benzene rings is 1. The first kappa shape index (κ1) is 18.0. The third kappa shape index (κ3) is 3.87. The average Bonchev–Trinajstić information content (AvgIpc) is 2.58. The maximum atomic E-state index is 13.2. The number of halogens is 4. The fourth-order valence-corrected chi connectivity index (χ4v) is 4.08. The lowest BCUT2D eigenvalue weighted by Gasteiger charge is -2.41. The lowest BCUT2D eigenvalue weighted by Crippen LogP contribution is -2.47. The Morgan fingerprint density at radius 3 is 2.46 bits per heavy atom. The average molecular weight is 363 g/mol. The van der Waals surface area contributed by atoms with Crippen LogP contribution in [0.3, 0.4) is 0 Å². The van der Waals surface area contributed by atoms with Gasteiger partial charge in [-0.15, -0.1) is 0 Å². The highest BCUT2D eigenvalue weighted by Crippen LogP contribution is 2.43. The Morgan fingerprint density at radius 1 is 1.17 bits per heavy atom. The summed E-state index contributed by atoms with van der Waals surface area (Å²) in [6, 6.07) is 4.19. The number of hydrogen-bond acceptors (Lipinski definition) is 3. The maximum absolute atomic E-state index is 13.2. The normalized spacial score (nSPS) is 22.5. The molecular formula is C17H22ClF3N2O. The van der Waals surface area contributed by atoms with Gasteiger partial charge in [0.25, 0.3) is 0 Å². The van der Waals surface area contributed by atoms with Gasteiger partial charge in [-0.3, -0.25) is 4.90 Å². The van der Waals surface area contributed by atoms with Gasteiger partial charge in [0.15, 0.2) is 0 Å². The number of alkyl halides is 3. The maximum Gasteiger partial charge on any atom is 0.417 e. The molecule has 1 N–H and O–H groups in total. The van der Waals surface area contributed by atoms with E-state index >= 15 is 0 Å². The molecule has 2 saturated heterocycles. The molecular weight excluding hydrogens is 341 g/mol. The fourth-order valence-electron chi connectivity index (χ4n) is 3.74. The van der Waals surface area contributed by atoms with Gasteiger partial charge in [0, 0.05) is 45.4 Å². The molecule has 0 radical (unpaired) electrons. The van der Waals surface area contributed by atoms with E-state index in [2.05, 4.69) is 10.2 Å². The summed E-state index contributed by atoms with van der Waals surface area (Å²) in [5, 5.41) is 3.14. The molecule has 0 saturated carbocycles. The molecule has 1 aromatic carbocycles. The van der Waals surface area contributed by atoms with Crippen molar-refractivity contribution in [2.45, 2.75) is 25.1 Å². The molecule has 2 aliphatic rings. The summed E-state index contributed by atoms with van der Waals surface area (Å²) in [7, 11) is 0. The molecule has 24 heavy (non-hydrogen) atoms. The minimum absolute atomic E-state index is 0.0919. The highest BCUT2D eigenvalue weighted by atomic mass is 35.5. The third-order valence-corrected chi connectivity index (χ3v) is 5.33. The molecule has 1 aromatic rings. The molecule has 0 bridgehead atoms. The monoisotopic (exact) mass is 362 g/mol. The van der Waals surface area contributed by atoms with Crippen LogP contribution in [0.5, 0.6) is 0 Å². The van der Waals surface area contributed by atoms with Crippen LogP contribution in [0.1, 0.15) is 30.0 Å². The van der Waals surface area contributed by atoms with Crippen molar-refractivity contribution in [3.8, 4) is 0 Å². The zero-order chi connectivity index (χ0) is 17.2. The minimum atomic E-state index is -4.43. The van der Waals surface area contributed by atoms with Gasteiger partial charge in [-0.25, -0.2) is 0 Å². The second-order valence-corrected chi connectivity index (χ2v) is 6.77. The quantitative estimate of drug-likeness (QED) is 0.886. The van der Waals surface area contributed by atoms with Crippen molar-refractivity contribution in [1.82, 2.24) is 10.2 Å². The van der Waals surface area contributed by atoms with Crippen molar-refractivity contribution in [2.24, 2.45) is 5.92 Å². The Labute approximate surface area is 145 Å². The molecule has 0 spiro atoms. The lowest BCUT2D eigenvalue weighted by atomic mass is 9.85. The molecule has 7 heteroatoms. The molecule has 2 heterocycles. The molecule has 134 valence electrons. The number of piperazine rings is 1. The summed E-state index contributed by atoms with van der Waals surface area (Å²) >= 11 is 6.23. The van der Waals surface area contributed by atoms with E-state index < -0.39 is 11.7 Å². The topological polar surface area (TPSA) is 24.5 Å². The van der Waals surface area contributed by atoms with E-state index in [0.29, 0.717) is 18.8 Å². The minimum Gasteiger partial charge on any atom is -0.381 e. The number of rotatable bonds is 3. The summed E-state index contributed by atoms with van der Waals surface area (Å²) in [6.45, 7) is 4.63. The van der Waals surface area contributed by atoms with Crippen LogP contribution in [0.2, 0.25) is 5.02 Å². The molecule has 2 aliphatic heterocycles. The molecule has 0 unspecified atom stereocenters. The Balaban J connectivity index is 1.98. The zero-order valence-electron chi connectivity index (χ0n) is 13.4. The van der Waals surface area contributed by atoms with E-state index in [1.54, 1.807) is 6.07 Å². The number of ether oxygens (including phenoxy) is 1. The Hall–Kier alpha value is -0.820. The molecule has 3 nitrogen and oxygen atoms in total. The fraction of sp³-hybridized carbons (Fsp3) is 0.647. The first-order valence-electron chi connectivity index (χ1n) is 8.36. The molecule has 0 aliphatic carbocycles. The van der Waals surface area contributed by atoms with E-state index in [1.165, 1.54) is 6.07 Å².